The third-order valence-corrected chi connectivity index (χ3v) is 2.30. The predicted molar refractivity (Wildman–Crippen MR) is 65.4 cm³/mol. The first kappa shape index (κ1) is 14.3. The lowest BCUT2D eigenvalue weighted by Gasteiger charge is -2.10. The molecular formula is C13H15F3N2. The number of hydrogen-bond donors (Lipinski definition) is 2. The second-order valence-corrected chi connectivity index (χ2v) is 3.95. The van der Waals surface area contributed by atoms with E-state index in [0.29, 0.717) is 6.54 Å². The Balaban J connectivity index is 2.59. The van der Waals surface area contributed by atoms with Crippen molar-refractivity contribution in [1.82, 2.24) is 5.32 Å². The summed E-state index contributed by atoms with van der Waals surface area (Å²) in [5.74, 6) is 0. The zero-order chi connectivity index (χ0) is 13.6. The van der Waals surface area contributed by atoms with Crippen LogP contribution in [-0.2, 0) is 6.54 Å². The maximum Gasteiger partial charge on any atom is 0.393 e. The lowest BCUT2D eigenvalue weighted by molar-refractivity contribution is -0.126. The highest BCUT2D eigenvalue weighted by molar-refractivity contribution is 5.95. The Morgan fingerprint density at radius 3 is 2.39 bits per heavy atom. The molecule has 0 aliphatic carbocycles. The topological polar surface area (TPSA) is 35.9 Å². The molecule has 0 amide bonds. The Morgan fingerprint density at radius 1 is 1.28 bits per heavy atom. The van der Waals surface area contributed by atoms with Crippen LogP contribution in [0.4, 0.5) is 13.2 Å². The van der Waals surface area contributed by atoms with E-state index in [0.717, 1.165) is 5.56 Å². The highest BCUT2D eigenvalue weighted by Gasteiger charge is 2.29. The molecule has 0 radical (unpaired) electrons. The van der Waals surface area contributed by atoms with Crippen molar-refractivity contribution >= 4 is 5.71 Å². The maximum absolute atomic E-state index is 12.3. The fourth-order valence-corrected chi connectivity index (χ4v) is 1.40. The summed E-state index contributed by atoms with van der Waals surface area (Å²) in [4.78, 5) is 0. The van der Waals surface area contributed by atoms with E-state index in [-0.39, 0.29) is 11.3 Å². The molecule has 0 unspecified atom stereocenters. The number of nitrogens with one attached hydrogen (secondary N) is 2. The van der Waals surface area contributed by atoms with Crippen LogP contribution in [0.1, 0.15) is 18.9 Å². The van der Waals surface area contributed by atoms with E-state index in [2.05, 4.69) is 5.32 Å². The van der Waals surface area contributed by atoms with Crippen LogP contribution in [0, 0.1) is 5.41 Å². The molecule has 5 heteroatoms. The molecule has 1 aromatic rings. The average Bonchev–Trinajstić information content (AvgIpc) is 2.27. The monoisotopic (exact) mass is 256 g/mol. The molecule has 0 aliphatic heterocycles. The first-order valence-corrected chi connectivity index (χ1v) is 5.47. The summed E-state index contributed by atoms with van der Waals surface area (Å²) >= 11 is 0. The third-order valence-electron chi connectivity index (χ3n) is 2.30. The third kappa shape index (κ3) is 5.52. The van der Waals surface area contributed by atoms with Gasteiger partial charge in [0.25, 0.3) is 0 Å². The molecule has 2 N–H and O–H groups in total. The van der Waals surface area contributed by atoms with Gasteiger partial charge in [0.1, 0.15) is 0 Å². The van der Waals surface area contributed by atoms with Crippen LogP contribution in [0.2, 0.25) is 0 Å². The van der Waals surface area contributed by atoms with Crippen LogP contribution in [0.5, 0.6) is 0 Å². The molecule has 0 aromatic heterocycles. The van der Waals surface area contributed by atoms with Crippen LogP contribution < -0.4 is 5.32 Å². The minimum Gasteiger partial charge on any atom is -0.387 e. The second-order valence-electron chi connectivity index (χ2n) is 3.95. The highest BCUT2D eigenvalue weighted by atomic mass is 19.4. The van der Waals surface area contributed by atoms with Gasteiger partial charge in [-0.25, -0.2) is 0 Å². The van der Waals surface area contributed by atoms with Crippen molar-refractivity contribution in [2.24, 2.45) is 0 Å². The van der Waals surface area contributed by atoms with Crippen molar-refractivity contribution < 1.29 is 13.2 Å². The van der Waals surface area contributed by atoms with Crippen molar-refractivity contribution in [3.05, 3.63) is 47.7 Å². The van der Waals surface area contributed by atoms with Crippen LogP contribution in [0.15, 0.2) is 42.1 Å². The first-order chi connectivity index (χ1) is 8.38. The molecule has 0 spiro atoms. The number of benzene rings is 1. The molecule has 2 nitrogen and oxygen atoms in total. The smallest absolute Gasteiger partial charge is 0.387 e. The van der Waals surface area contributed by atoms with E-state index < -0.39 is 12.6 Å². The largest absolute Gasteiger partial charge is 0.393 e. The molecule has 18 heavy (non-hydrogen) atoms. The van der Waals surface area contributed by atoms with Crippen molar-refractivity contribution in [2.75, 3.05) is 0 Å². The molecule has 0 saturated heterocycles. The van der Waals surface area contributed by atoms with Gasteiger partial charge in [0.2, 0.25) is 0 Å². The van der Waals surface area contributed by atoms with E-state index in [4.69, 9.17) is 5.41 Å². The van der Waals surface area contributed by atoms with Gasteiger partial charge in [-0.15, -0.1) is 0 Å². The molecule has 98 valence electrons. The van der Waals surface area contributed by atoms with E-state index in [1.54, 1.807) is 0 Å². The number of halogens is 3. The molecule has 0 fully saturated rings. The van der Waals surface area contributed by atoms with Gasteiger partial charge in [-0.2, -0.15) is 13.2 Å². The number of alkyl halides is 3. The Hall–Kier alpha value is -1.78. The van der Waals surface area contributed by atoms with Crippen LogP contribution in [-0.4, -0.2) is 11.9 Å². The minimum atomic E-state index is -4.29. The number of hydrogen-bond acceptors (Lipinski definition) is 2. The van der Waals surface area contributed by atoms with Gasteiger partial charge in [0.05, 0.1) is 6.42 Å². The summed E-state index contributed by atoms with van der Waals surface area (Å²) in [6.45, 7) is 1.79. The van der Waals surface area contributed by atoms with Gasteiger partial charge in [0.15, 0.2) is 0 Å². The number of rotatable bonds is 5. The lowest BCUT2D eigenvalue weighted by Crippen LogP contribution is -2.15. The van der Waals surface area contributed by atoms with Gasteiger partial charge >= 0.3 is 6.18 Å². The highest BCUT2D eigenvalue weighted by Crippen LogP contribution is 2.24. The zero-order valence-corrected chi connectivity index (χ0v) is 10.0. The molecule has 1 aromatic carbocycles. The molecule has 0 heterocycles. The van der Waals surface area contributed by atoms with Crippen molar-refractivity contribution in [3.8, 4) is 0 Å². The standard InChI is InChI=1S/C13H15F3N2/c1-10(17)12(7-13(14,15)16)9-18-8-11-5-3-2-4-6-11/h2-6,9,17-18H,7-8H2,1H3/b12-9-,17-10?. The Labute approximate surface area is 104 Å². The molecule has 1 rings (SSSR count). The minimum absolute atomic E-state index is 0.0431. The van der Waals surface area contributed by atoms with Gasteiger partial charge in [-0.05, 0) is 18.1 Å². The van der Waals surface area contributed by atoms with Gasteiger partial charge in [-0.1, -0.05) is 30.3 Å². The fourth-order valence-electron chi connectivity index (χ4n) is 1.40. The van der Waals surface area contributed by atoms with Crippen LogP contribution >= 0.6 is 0 Å². The molecule has 0 atom stereocenters. The summed E-state index contributed by atoms with van der Waals surface area (Å²) in [6, 6.07) is 9.34. The zero-order valence-electron chi connectivity index (χ0n) is 10.0. The summed E-state index contributed by atoms with van der Waals surface area (Å²) in [7, 11) is 0. The molecular weight excluding hydrogens is 241 g/mol. The van der Waals surface area contributed by atoms with E-state index in [9.17, 15) is 13.2 Å². The lowest BCUT2D eigenvalue weighted by atomic mass is 10.1. The van der Waals surface area contributed by atoms with Crippen LogP contribution in [0.3, 0.4) is 0 Å². The summed E-state index contributed by atoms with van der Waals surface area (Å²) in [6.07, 6.45) is -4.10. The van der Waals surface area contributed by atoms with E-state index in [1.807, 2.05) is 30.3 Å². The predicted octanol–water partition coefficient (Wildman–Crippen LogP) is 3.65. The molecule has 0 aliphatic rings. The Morgan fingerprint density at radius 2 is 1.89 bits per heavy atom. The maximum atomic E-state index is 12.3. The molecule has 0 saturated carbocycles. The SMILES string of the molecule is CC(=N)/C(=C\NCc1ccccc1)CC(F)(F)F. The number of allylic oxidation sites excluding steroid dienone is 1. The van der Waals surface area contributed by atoms with Crippen molar-refractivity contribution in [3.63, 3.8) is 0 Å². The van der Waals surface area contributed by atoms with Crippen molar-refractivity contribution in [2.45, 2.75) is 26.1 Å². The summed E-state index contributed by atoms with van der Waals surface area (Å²) in [5, 5.41) is 10.1. The Kier molecular flexibility index (Phi) is 4.95. The van der Waals surface area contributed by atoms with E-state index in [1.165, 1.54) is 13.1 Å². The van der Waals surface area contributed by atoms with Crippen LogP contribution in [0.25, 0.3) is 0 Å². The van der Waals surface area contributed by atoms with Gasteiger partial charge in [-0.3, -0.25) is 0 Å². The summed E-state index contributed by atoms with van der Waals surface area (Å²) < 4.78 is 36.8. The van der Waals surface area contributed by atoms with E-state index >= 15 is 0 Å². The second kappa shape index (κ2) is 6.23. The fraction of sp³-hybridized carbons (Fsp3) is 0.308. The van der Waals surface area contributed by atoms with Gasteiger partial charge < -0.3 is 10.7 Å². The normalized spacial score (nSPS) is 12.3. The average molecular weight is 256 g/mol. The first-order valence-electron chi connectivity index (χ1n) is 5.47. The quantitative estimate of drug-likeness (QED) is 0.775. The van der Waals surface area contributed by atoms with Gasteiger partial charge in [0, 0.05) is 18.5 Å². The Bertz CT molecular complexity index is 422. The van der Waals surface area contributed by atoms with Crippen molar-refractivity contribution in [1.29, 1.82) is 5.41 Å². The molecule has 0 bridgehead atoms. The summed E-state index contributed by atoms with van der Waals surface area (Å²) in [5.41, 5.74) is 0.856.